The van der Waals surface area contributed by atoms with E-state index in [-0.39, 0.29) is 35.6 Å². The summed E-state index contributed by atoms with van der Waals surface area (Å²) >= 11 is 0. The van der Waals surface area contributed by atoms with E-state index >= 15 is 0 Å². The average Bonchev–Trinajstić information content (AvgIpc) is 3.02. The van der Waals surface area contributed by atoms with Gasteiger partial charge < -0.3 is 19.1 Å². The summed E-state index contributed by atoms with van der Waals surface area (Å²) in [6, 6.07) is 4.09. The van der Waals surface area contributed by atoms with Crippen molar-refractivity contribution in [2.24, 2.45) is 10.8 Å². The number of amides is 1. The Morgan fingerprint density at radius 1 is 1.26 bits per heavy atom. The molecule has 0 spiro atoms. The van der Waals surface area contributed by atoms with Crippen LogP contribution >= 0.6 is 0 Å². The number of hydrogen-bond donors (Lipinski definition) is 0. The van der Waals surface area contributed by atoms with Crippen molar-refractivity contribution in [3.8, 4) is 5.75 Å². The van der Waals surface area contributed by atoms with Crippen molar-refractivity contribution in [1.82, 2.24) is 4.90 Å². The highest BCUT2D eigenvalue weighted by Gasteiger charge is 2.76. The van der Waals surface area contributed by atoms with Crippen molar-refractivity contribution in [2.45, 2.75) is 52.2 Å². The van der Waals surface area contributed by atoms with Gasteiger partial charge in [0, 0.05) is 18.0 Å². The number of carbonyl (C=O) groups is 3. The monoisotopic (exact) mass is 433 g/mol. The summed E-state index contributed by atoms with van der Waals surface area (Å²) < 4.78 is 31.1. The number of morpholine rings is 1. The van der Waals surface area contributed by atoms with Gasteiger partial charge in [0.25, 0.3) is 5.91 Å². The molecule has 3 unspecified atom stereocenters. The van der Waals surface area contributed by atoms with Gasteiger partial charge in [-0.3, -0.25) is 14.4 Å². The summed E-state index contributed by atoms with van der Waals surface area (Å²) in [5.74, 6) is -1.20. The van der Waals surface area contributed by atoms with Gasteiger partial charge in [-0.2, -0.15) is 0 Å². The van der Waals surface area contributed by atoms with E-state index in [9.17, 15) is 18.8 Å². The SMILES string of the molecule is CC(=O)c1ccc(OCC2CN(C(=O)C34CCC(C)(C(=O)O3)C4(C)C)CCO2)cc1F. The second kappa shape index (κ2) is 7.29. The number of nitrogens with zero attached hydrogens (tertiary/aromatic N) is 1. The molecule has 168 valence electrons. The zero-order chi connectivity index (χ0) is 22.6. The molecule has 1 aliphatic carbocycles. The van der Waals surface area contributed by atoms with Gasteiger partial charge >= 0.3 is 5.97 Å². The normalized spacial score (nSPS) is 31.5. The molecular formula is C23H28FNO6. The largest absolute Gasteiger partial charge is 0.491 e. The molecule has 3 fully saturated rings. The van der Waals surface area contributed by atoms with Crippen molar-refractivity contribution < 1.29 is 33.0 Å². The van der Waals surface area contributed by atoms with E-state index in [1.165, 1.54) is 25.1 Å². The fourth-order valence-electron chi connectivity index (χ4n) is 5.04. The van der Waals surface area contributed by atoms with Gasteiger partial charge in [-0.05, 0) is 38.8 Å². The molecule has 2 saturated heterocycles. The number of ether oxygens (including phenoxy) is 3. The molecular weight excluding hydrogens is 405 g/mol. The number of esters is 1. The molecule has 1 saturated carbocycles. The maximum absolute atomic E-state index is 14.0. The van der Waals surface area contributed by atoms with E-state index in [1.807, 2.05) is 20.8 Å². The topological polar surface area (TPSA) is 82.1 Å². The van der Waals surface area contributed by atoms with Crippen LogP contribution in [0.3, 0.4) is 0 Å². The first-order chi connectivity index (χ1) is 14.5. The third kappa shape index (κ3) is 3.14. The number of fused-ring (bicyclic) bond motifs is 2. The Labute approximate surface area is 180 Å². The summed E-state index contributed by atoms with van der Waals surface area (Å²) in [4.78, 5) is 39.1. The van der Waals surface area contributed by atoms with Gasteiger partial charge in [0.15, 0.2) is 11.4 Å². The minimum atomic E-state index is -1.15. The lowest BCUT2D eigenvalue weighted by Gasteiger charge is -2.41. The molecule has 2 bridgehead atoms. The first-order valence-electron chi connectivity index (χ1n) is 10.6. The lowest BCUT2D eigenvalue weighted by molar-refractivity contribution is -0.178. The second-order valence-electron chi connectivity index (χ2n) is 9.43. The zero-order valence-corrected chi connectivity index (χ0v) is 18.3. The quantitative estimate of drug-likeness (QED) is 0.525. The van der Waals surface area contributed by atoms with Crippen LogP contribution in [0.4, 0.5) is 4.39 Å². The van der Waals surface area contributed by atoms with Crippen molar-refractivity contribution in [1.29, 1.82) is 0 Å². The minimum absolute atomic E-state index is 0.00887. The third-order valence-electron chi connectivity index (χ3n) is 7.61. The average molecular weight is 433 g/mol. The fourth-order valence-corrected chi connectivity index (χ4v) is 5.04. The molecule has 0 N–H and O–H groups in total. The number of halogens is 1. The number of rotatable bonds is 5. The van der Waals surface area contributed by atoms with Crippen LogP contribution in [-0.4, -0.2) is 60.6 Å². The molecule has 3 aliphatic rings. The first-order valence-corrected chi connectivity index (χ1v) is 10.6. The van der Waals surface area contributed by atoms with Crippen LogP contribution in [0.1, 0.15) is 50.9 Å². The number of carbonyl (C=O) groups excluding carboxylic acids is 3. The molecule has 0 radical (unpaired) electrons. The van der Waals surface area contributed by atoms with Crippen molar-refractivity contribution in [3.05, 3.63) is 29.6 Å². The number of Topliss-reactive ketones (excluding diaryl/α,β-unsaturated/α-hetero) is 1. The van der Waals surface area contributed by atoms with Gasteiger partial charge in [0.1, 0.15) is 24.3 Å². The highest BCUT2D eigenvalue weighted by molar-refractivity contribution is 5.96. The van der Waals surface area contributed by atoms with Crippen LogP contribution in [0.25, 0.3) is 0 Å². The fraction of sp³-hybridized carbons (Fsp3) is 0.609. The highest BCUT2D eigenvalue weighted by Crippen LogP contribution is 2.66. The molecule has 8 heteroatoms. The van der Waals surface area contributed by atoms with E-state index in [1.54, 1.807) is 4.90 Å². The molecule has 31 heavy (non-hydrogen) atoms. The van der Waals surface area contributed by atoms with Crippen LogP contribution in [0.2, 0.25) is 0 Å². The molecule has 2 heterocycles. The summed E-state index contributed by atoms with van der Waals surface area (Å²) in [5.41, 5.74) is -2.40. The molecule has 1 aromatic carbocycles. The van der Waals surface area contributed by atoms with Crippen LogP contribution in [0.5, 0.6) is 5.75 Å². The van der Waals surface area contributed by atoms with Crippen LogP contribution in [-0.2, 0) is 19.1 Å². The highest BCUT2D eigenvalue weighted by atomic mass is 19.1. The smallest absolute Gasteiger partial charge is 0.313 e. The van der Waals surface area contributed by atoms with Crippen LogP contribution in [0.15, 0.2) is 18.2 Å². The molecule has 4 rings (SSSR count). The number of hydrogen-bond acceptors (Lipinski definition) is 6. The standard InChI is InChI=1S/C23H28FNO6/c1-14(26)17-6-5-15(11-18(17)24)30-13-16-12-25(9-10-29-16)19(27)23-8-7-22(4,20(28)31-23)21(23,2)3/h5-6,11,16H,7-10,12-13H2,1-4H3. The van der Waals surface area contributed by atoms with E-state index in [0.29, 0.717) is 32.5 Å². The Kier molecular flexibility index (Phi) is 5.11. The summed E-state index contributed by atoms with van der Waals surface area (Å²) in [5, 5.41) is 0. The maximum Gasteiger partial charge on any atom is 0.313 e. The van der Waals surface area contributed by atoms with Crippen molar-refractivity contribution in [3.63, 3.8) is 0 Å². The van der Waals surface area contributed by atoms with Crippen molar-refractivity contribution >= 4 is 17.7 Å². The predicted molar refractivity (Wildman–Crippen MR) is 108 cm³/mol. The summed E-state index contributed by atoms with van der Waals surface area (Å²) in [6.07, 6.45) is 0.739. The summed E-state index contributed by atoms with van der Waals surface area (Å²) in [6.45, 7) is 8.20. The van der Waals surface area contributed by atoms with Gasteiger partial charge in [-0.25, -0.2) is 4.39 Å². The van der Waals surface area contributed by atoms with Crippen LogP contribution < -0.4 is 4.74 Å². The Morgan fingerprint density at radius 3 is 2.58 bits per heavy atom. The summed E-state index contributed by atoms with van der Waals surface area (Å²) in [7, 11) is 0. The van der Waals surface area contributed by atoms with E-state index in [0.717, 1.165) is 0 Å². The van der Waals surface area contributed by atoms with Crippen LogP contribution in [0, 0.1) is 16.6 Å². The van der Waals surface area contributed by atoms with E-state index in [4.69, 9.17) is 14.2 Å². The Balaban J connectivity index is 1.42. The van der Waals surface area contributed by atoms with Gasteiger partial charge in [0.05, 0.1) is 24.1 Å². The Hall–Kier alpha value is -2.48. The van der Waals surface area contributed by atoms with Gasteiger partial charge in [-0.1, -0.05) is 13.8 Å². The zero-order valence-electron chi connectivity index (χ0n) is 18.3. The number of ketones is 1. The number of benzene rings is 1. The second-order valence-corrected chi connectivity index (χ2v) is 9.43. The Bertz CT molecular complexity index is 946. The van der Waals surface area contributed by atoms with E-state index < -0.39 is 28.4 Å². The Morgan fingerprint density at radius 2 is 2.00 bits per heavy atom. The third-order valence-corrected chi connectivity index (χ3v) is 7.61. The lowest BCUT2D eigenvalue weighted by atomic mass is 9.66. The predicted octanol–water partition coefficient (Wildman–Crippen LogP) is 2.76. The van der Waals surface area contributed by atoms with Gasteiger partial charge in [0.2, 0.25) is 0 Å². The molecule has 7 nitrogen and oxygen atoms in total. The molecule has 2 aliphatic heterocycles. The van der Waals surface area contributed by atoms with Crippen molar-refractivity contribution in [2.75, 3.05) is 26.3 Å². The molecule has 0 aromatic heterocycles. The minimum Gasteiger partial charge on any atom is -0.491 e. The molecule has 1 aromatic rings. The first kappa shape index (κ1) is 21.7. The van der Waals surface area contributed by atoms with Gasteiger partial charge in [-0.15, -0.1) is 0 Å². The molecule has 3 atom stereocenters. The molecule has 1 amide bonds. The maximum atomic E-state index is 14.0. The van der Waals surface area contributed by atoms with E-state index in [2.05, 4.69) is 0 Å². The lowest BCUT2D eigenvalue weighted by Crippen LogP contribution is -2.59.